The van der Waals surface area contributed by atoms with Crippen LogP contribution < -0.4 is 15.8 Å². The fraction of sp³-hybridized carbons (Fsp3) is 0.455. The number of nitrogens with two attached hydrogens (primary N) is 1. The molecule has 0 saturated carbocycles. The van der Waals surface area contributed by atoms with Crippen LogP contribution in [0.15, 0.2) is 0 Å². The van der Waals surface area contributed by atoms with Crippen LogP contribution >= 0.6 is 11.3 Å². The van der Waals surface area contributed by atoms with Crippen molar-refractivity contribution in [1.29, 1.82) is 0 Å². The summed E-state index contributed by atoms with van der Waals surface area (Å²) in [5.74, 6) is -1.34. The van der Waals surface area contributed by atoms with Crippen LogP contribution in [0.5, 0.6) is 0 Å². The third-order valence-corrected chi connectivity index (χ3v) is 4.70. The number of carboxylic acids is 1. The summed E-state index contributed by atoms with van der Waals surface area (Å²) in [4.78, 5) is 23.6. The number of primary sulfonamides is 1. The van der Waals surface area contributed by atoms with E-state index in [4.69, 9.17) is 10.2 Å². The lowest BCUT2D eigenvalue weighted by molar-refractivity contribution is 0.0697. The van der Waals surface area contributed by atoms with E-state index in [1.165, 1.54) is 11.3 Å². The van der Waals surface area contributed by atoms with Gasteiger partial charge in [-0.15, -0.1) is 11.3 Å². The largest absolute Gasteiger partial charge is 0.478 e. The Morgan fingerprint density at radius 2 is 1.95 bits per heavy atom. The molecule has 5 N–H and O–H groups in total. The first-order valence-electron chi connectivity index (χ1n) is 6.00. The molecule has 0 saturated heterocycles. The first kappa shape index (κ1) is 17.4. The lowest BCUT2D eigenvalue weighted by atomic mass is 10.1. The van der Waals surface area contributed by atoms with E-state index in [2.05, 4.69) is 10.6 Å². The molecule has 0 aliphatic heterocycles. The van der Waals surface area contributed by atoms with E-state index in [1.54, 1.807) is 13.8 Å². The van der Waals surface area contributed by atoms with Crippen molar-refractivity contribution >= 4 is 38.4 Å². The van der Waals surface area contributed by atoms with Gasteiger partial charge in [-0.3, -0.25) is 5.32 Å². The highest BCUT2D eigenvalue weighted by Crippen LogP contribution is 2.32. The number of sulfonamides is 1. The minimum absolute atomic E-state index is 0.0668. The molecule has 0 aliphatic carbocycles. The van der Waals surface area contributed by atoms with Crippen molar-refractivity contribution in [2.45, 2.75) is 20.3 Å². The molecule has 0 aromatic carbocycles. The van der Waals surface area contributed by atoms with E-state index >= 15 is 0 Å². The van der Waals surface area contributed by atoms with Gasteiger partial charge in [-0.2, -0.15) is 0 Å². The third kappa shape index (κ3) is 5.33. The lowest BCUT2D eigenvalue weighted by Crippen LogP contribution is -2.31. The summed E-state index contributed by atoms with van der Waals surface area (Å²) in [6.07, 6.45) is 0.181. The Hall–Kier alpha value is -1.65. The zero-order valence-electron chi connectivity index (χ0n) is 11.6. The van der Waals surface area contributed by atoms with Crippen LogP contribution in [0.3, 0.4) is 0 Å². The quantitative estimate of drug-likeness (QED) is 0.571. The topological polar surface area (TPSA) is 139 Å². The molecule has 10 heteroatoms. The van der Waals surface area contributed by atoms with Gasteiger partial charge in [0, 0.05) is 11.4 Å². The minimum atomic E-state index is -3.55. The molecule has 0 spiro atoms. The number of urea groups is 1. The summed E-state index contributed by atoms with van der Waals surface area (Å²) in [5.41, 5.74) is 0.675. The van der Waals surface area contributed by atoms with Gasteiger partial charge >= 0.3 is 12.0 Å². The van der Waals surface area contributed by atoms with Crippen molar-refractivity contribution < 1.29 is 23.1 Å². The Kier molecular flexibility index (Phi) is 5.70. The molecule has 1 aromatic rings. The van der Waals surface area contributed by atoms with Gasteiger partial charge < -0.3 is 10.4 Å². The predicted molar refractivity (Wildman–Crippen MR) is 80.4 cm³/mol. The normalized spacial score (nSPS) is 11.2. The molecule has 1 heterocycles. The predicted octanol–water partition coefficient (Wildman–Crippen LogP) is 0.863. The van der Waals surface area contributed by atoms with Gasteiger partial charge in [0.25, 0.3) is 0 Å². The average Bonchev–Trinajstić information content (AvgIpc) is 2.59. The number of aryl methyl sites for hydroxylation is 1. The molecule has 1 rings (SSSR count). The number of carboxylic acid groups (broad SMARTS) is 1. The smallest absolute Gasteiger partial charge is 0.338 e. The average molecular weight is 335 g/mol. The van der Waals surface area contributed by atoms with E-state index in [9.17, 15) is 18.0 Å². The summed E-state index contributed by atoms with van der Waals surface area (Å²) < 4.78 is 21.4. The van der Waals surface area contributed by atoms with Crippen LogP contribution in [-0.4, -0.2) is 37.8 Å². The number of rotatable bonds is 6. The number of carbonyl (C=O) groups is 2. The van der Waals surface area contributed by atoms with Crippen molar-refractivity contribution in [3.63, 3.8) is 0 Å². The SMILES string of the molecule is Cc1sc(NC(=O)NCCCS(N)(=O)=O)c(C(=O)O)c1C. The molecule has 0 unspecified atom stereocenters. The molecule has 0 fully saturated rings. The Morgan fingerprint density at radius 1 is 1.33 bits per heavy atom. The number of hydrogen-bond donors (Lipinski definition) is 4. The number of carbonyl (C=O) groups excluding carboxylic acids is 1. The zero-order valence-corrected chi connectivity index (χ0v) is 13.2. The van der Waals surface area contributed by atoms with Crippen LogP contribution in [0.25, 0.3) is 0 Å². The first-order chi connectivity index (χ1) is 9.61. The van der Waals surface area contributed by atoms with Crippen LogP contribution in [0.1, 0.15) is 27.2 Å². The van der Waals surface area contributed by atoms with Crippen molar-refractivity contribution in [3.8, 4) is 0 Å². The maximum absolute atomic E-state index is 11.6. The van der Waals surface area contributed by atoms with Gasteiger partial charge in [0.2, 0.25) is 10.0 Å². The summed E-state index contributed by atoms with van der Waals surface area (Å²) in [5, 5.41) is 19.1. The molecule has 8 nitrogen and oxygen atoms in total. The van der Waals surface area contributed by atoms with E-state index in [-0.39, 0.29) is 29.3 Å². The molecular formula is C11H17N3O5S2. The van der Waals surface area contributed by atoms with Gasteiger partial charge in [-0.1, -0.05) is 0 Å². The maximum Gasteiger partial charge on any atom is 0.338 e. The van der Waals surface area contributed by atoms with E-state index in [0.717, 1.165) is 4.88 Å². The number of thiophene rings is 1. The fourth-order valence-electron chi connectivity index (χ4n) is 1.60. The summed E-state index contributed by atoms with van der Waals surface area (Å²) in [6.45, 7) is 3.56. The number of aromatic carboxylic acids is 1. The summed E-state index contributed by atoms with van der Waals surface area (Å²) in [6, 6.07) is -0.590. The maximum atomic E-state index is 11.6. The molecule has 0 atom stereocenters. The molecular weight excluding hydrogens is 318 g/mol. The van der Waals surface area contributed by atoms with Gasteiger partial charge in [-0.05, 0) is 25.8 Å². The molecule has 118 valence electrons. The van der Waals surface area contributed by atoms with Crippen LogP contribution in [0, 0.1) is 13.8 Å². The van der Waals surface area contributed by atoms with Gasteiger partial charge in [0.15, 0.2) is 0 Å². The molecule has 0 aliphatic rings. The van der Waals surface area contributed by atoms with Crippen LogP contribution in [-0.2, 0) is 10.0 Å². The highest BCUT2D eigenvalue weighted by Gasteiger charge is 2.20. The first-order valence-corrected chi connectivity index (χ1v) is 8.53. The van der Waals surface area contributed by atoms with Crippen molar-refractivity contribution in [2.24, 2.45) is 5.14 Å². The number of hydrogen-bond acceptors (Lipinski definition) is 5. The van der Waals surface area contributed by atoms with E-state index < -0.39 is 22.0 Å². The Labute approximate surface area is 126 Å². The Bertz CT molecular complexity index is 651. The second-order valence-electron chi connectivity index (χ2n) is 4.39. The molecule has 1 aromatic heterocycles. The molecule has 2 amide bonds. The standard InChI is InChI=1S/C11H17N3O5S2/c1-6-7(2)20-9(8(6)10(15)16)14-11(17)13-4-3-5-21(12,18)19/h3-5H2,1-2H3,(H,15,16)(H2,12,18,19)(H2,13,14,17). The summed E-state index contributed by atoms with van der Waals surface area (Å²) >= 11 is 1.17. The second kappa shape index (κ2) is 6.87. The van der Waals surface area contributed by atoms with Crippen LogP contribution in [0.4, 0.5) is 9.80 Å². The summed E-state index contributed by atoms with van der Waals surface area (Å²) in [7, 11) is -3.55. The molecule has 21 heavy (non-hydrogen) atoms. The minimum Gasteiger partial charge on any atom is -0.478 e. The Balaban J connectivity index is 2.60. The van der Waals surface area contributed by atoms with Crippen molar-refractivity contribution in [3.05, 3.63) is 16.0 Å². The van der Waals surface area contributed by atoms with Gasteiger partial charge in [0.05, 0.1) is 11.3 Å². The lowest BCUT2D eigenvalue weighted by Gasteiger charge is -2.06. The van der Waals surface area contributed by atoms with Crippen molar-refractivity contribution in [2.75, 3.05) is 17.6 Å². The number of anilines is 1. The fourth-order valence-corrected chi connectivity index (χ4v) is 3.19. The third-order valence-electron chi connectivity index (χ3n) is 2.72. The highest BCUT2D eigenvalue weighted by atomic mass is 32.2. The number of nitrogens with one attached hydrogen (secondary N) is 2. The Morgan fingerprint density at radius 3 is 2.48 bits per heavy atom. The highest BCUT2D eigenvalue weighted by molar-refractivity contribution is 7.89. The molecule has 0 bridgehead atoms. The van der Waals surface area contributed by atoms with Crippen LogP contribution in [0.2, 0.25) is 0 Å². The van der Waals surface area contributed by atoms with E-state index in [1.807, 2.05) is 0 Å². The van der Waals surface area contributed by atoms with Gasteiger partial charge in [0.1, 0.15) is 5.00 Å². The monoisotopic (exact) mass is 335 g/mol. The number of amides is 2. The van der Waals surface area contributed by atoms with Gasteiger partial charge in [-0.25, -0.2) is 23.1 Å². The van der Waals surface area contributed by atoms with E-state index in [0.29, 0.717) is 5.56 Å². The zero-order chi connectivity index (χ0) is 16.2. The molecule has 0 radical (unpaired) electrons. The second-order valence-corrected chi connectivity index (χ2v) is 7.35. The van der Waals surface area contributed by atoms with Crippen molar-refractivity contribution in [1.82, 2.24) is 5.32 Å².